The van der Waals surface area contributed by atoms with Crippen LogP contribution < -0.4 is 0 Å². The summed E-state index contributed by atoms with van der Waals surface area (Å²) in [5, 5.41) is 9.26. The predicted molar refractivity (Wildman–Crippen MR) is 63.9 cm³/mol. The van der Waals surface area contributed by atoms with Crippen molar-refractivity contribution >= 4 is 0 Å². The molecule has 6 heteroatoms. The number of aromatic nitrogens is 5. The summed E-state index contributed by atoms with van der Waals surface area (Å²) in [4.78, 5) is 8.37. The first kappa shape index (κ1) is 14.2. The van der Waals surface area contributed by atoms with Crippen LogP contribution in [0.25, 0.3) is 11.4 Å². The second kappa shape index (κ2) is 8.30. The zero-order valence-electron chi connectivity index (χ0n) is 9.36. The van der Waals surface area contributed by atoms with Crippen LogP contribution in [0, 0.1) is 0 Å². The smallest absolute Gasteiger partial charge is 0.0886 e. The summed E-state index contributed by atoms with van der Waals surface area (Å²) in [6, 6.07) is 11.6. The summed E-state index contributed by atoms with van der Waals surface area (Å²) in [5.41, 5.74) is 1.83. The Kier molecular flexibility index (Phi) is 6.57. The van der Waals surface area contributed by atoms with Crippen molar-refractivity contribution in [2.24, 2.45) is 0 Å². The average molecular weight is 333 g/mol. The molecule has 0 saturated carbocycles. The van der Waals surface area contributed by atoms with Gasteiger partial charge < -0.3 is 0 Å². The van der Waals surface area contributed by atoms with E-state index in [0.717, 1.165) is 11.4 Å². The molecule has 0 aliphatic rings. The van der Waals surface area contributed by atoms with Crippen molar-refractivity contribution in [3.63, 3.8) is 0 Å². The molecule has 3 heterocycles. The minimum Gasteiger partial charge on any atom is -0.266 e. The van der Waals surface area contributed by atoms with Crippen molar-refractivity contribution in [1.82, 2.24) is 25.4 Å². The molecule has 0 atom stereocenters. The van der Waals surface area contributed by atoms with Crippen LogP contribution in [0.15, 0.2) is 61.2 Å². The molecule has 5 nitrogen and oxygen atoms in total. The third-order valence-corrected chi connectivity index (χ3v) is 1.92. The van der Waals surface area contributed by atoms with Gasteiger partial charge in [0.2, 0.25) is 0 Å². The summed E-state index contributed by atoms with van der Waals surface area (Å²) < 4.78 is 0. The van der Waals surface area contributed by atoms with Gasteiger partial charge in [-0.2, -0.15) is 0 Å². The molecule has 1 N–H and O–H groups in total. The molecule has 1 radical (unpaired) electrons. The molecule has 0 saturated heterocycles. The Balaban J connectivity index is 0.000000230. The molecule has 0 fully saturated rings. The third-order valence-electron chi connectivity index (χ3n) is 1.92. The Labute approximate surface area is 120 Å². The van der Waals surface area contributed by atoms with E-state index >= 15 is 0 Å². The van der Waals surface area contributed by atoms with Crippen molar-refractivity contribution in [2.75, 3.05) is 0 Å². The van der Waals surface area contributed by atoms with Gasteiger partial charge >= 0.3 is 0 Å². The van der Waals surface area contributed by atoms with E-state index < -0.39 is 0 Å². The minimum atomic E-state index is 0. The van der Waals surface area contributed by atoms with Crippen molar-refractivity contribution in [3.05, 3.63) is 61.2 Å². The number of rotatable bonds is 1. The van der Waals surface area contributed by atoms with Crippen molar-refractivity contribution in [3.8, 4) is 11.4 Å². The molecule has 95 valence electrons. The third kappa shape index (κ3) is 4.58. The van der Waals surface area contributed by atoms with Gasteiger partial charge in [0, 0.05) is 41.0 Å². The molecule has 0 aromatic carbocycles. The maximum Gasteiger partial charge on any atom is 0.0886 e. The largest absolute Gasteiger partial charge is 0.266 e. The molecule has 3 rings (SSSR count). The molecule has 0 spiro atoms. The Bertz CT molecular complexity index is 458. The summed E-state index contributed by atoms with van der Waals surface area (Å²) in [5.74, 6) is 0. The van der Waals surface area contributed by atoms with Crippen LogP contribution in [0.5, 0.6) is 0 Å². The van der Waals surface area contributed by atoms with Gasteiger partial charge in [-0.3, -0.25) is 15.1 Å². The molecule has 0 unspecified atom stereocenters. The van der Waals surface area contributed by atoms with Gasteiger partial charge in [-0.1, -0.05) is 17.3 Å². The molecule has 3 aromatic rings. The maximum atomic E-state index is 4.19. The molecule has 3 aromatic heterocycles. The first-order valence-corrected chi connectivity index (χ1v) is 5.09. The molecule has 0 bridgehead atoms. The molecule has 18 heavy (non-hydrogen) atoms. The number of hydrogen-bond donors (Lipinski definition) is 1. The quantitative estimate of drug-likeness (QED) is 0.691. The van der Waals surface area contributed by atoms with Crippen LogP contribution >= 0.6 is 0 Å². The van der Waals surface area contributed by atoms with Crippen LogP contribution in [0.2, 0.25) is 0 Å². The summed E-state index contributed by atoms with van der Waals surface area (Å²) in [7, 11) is 0. The van der Waals surface area contributed by atoms with E-state index in [9.17, 15) is 0 Å². The van der Waals surface area contributed by atoms with Crippen molar-refractivity contribution in [1.29, 1.82) is 0 Å². The average Bonchev–Trinajstić information content (AvgIpc) is 3.00. The number of nitrogens with zero attached hydrogens (tertiary/aromatic N) is 4. The van der Waals surface area contributed by atoms with Gasteiger partial charge in [0.1, 0.15) is 0 Å². The Morgan fingerprint density at radius 1 is 0.778 bits per heavy atom. The number of hydrogen-bond acceptors (Lipinski definition) is 4. The van der Waals surface area contributed by atoms with Crippen molar-refractivity contribution < 1.29 is 22.4 Å². The zero-order chi connectivity index (χ0) is 11.8. The fraction of sp³-hybridized carbons (Fsp3) is 0. The second-order valence-electron chi connectivity index (χ2n) is 3.09. The summed E-state index contributed by atoms with van der Waals surface area (Å²) in [6.07, 6.45) is 6.77. The Hall–Kier alpha value is -1.82. The van der Waals surface area contributed by atoms with Crippen LogP contribution in [-0.2, 0) is 22.4 Å². The minimum absolute atomic E-state index is 0. The van der Waals surface area contributed by atoms with Crippen LogP contribution in [0.4, 0.5) is 0 Å². The van der Waals surface area contributed by atoms with Gasteiger partial charge in [-0.25, -0.2) is 0 Å². The van der Waals surface area contributed by atoms with E-state index in [1.54, 1.807) is 24.8 Å². The van der Waals surface area contributed by atoms with E-state index in [-0.39, 0.29) is 22.4 Å². The normalized spacial score (nSPS) is 8.67. The van der Waals surface area contributed by atoms with Gasteiger partial charge in [0.25, 0.3) is 0 Å². The molecule has 0 amide bonds. The summed E-state index contributed by atoms with van der Waals surface area (Å²) in [6.45, 7) is 0. The van der Waals surface area contributed by atoms with Crippen LogP contribution in [0.3, 0.4) is 0 Å². The standard InChI is InChI=1S/C10H8N2.C2H3N3.Ag/c1-3-7-11-9(5-1)10-6-2-4-8-12-10;1-2-4-5-3-1;/h1-8H;1-2H,(H,3,4,5);. The number of nitrogens with one attached hydrogen (secondary N) is 1. The Morgan fingerprint density at radius 2 is 1.39 bits per heavy atom. The van der Waals surface area contributed by atoms with E-state index in [4.69, 9.17) is 0 Å². The van der Waals surface area contributed by atoms with Crippen LogP contribution in [-0.4, -0.2) is 25.4 Å². The van der Waals surface area contributed by atoms with E-state index in [0.29, 0.717) is 0 Å². The summed E-state index contributed by atoms with van der Waals surface area (Å²) >= 11 is 0. The fourth-order valence-corrected chi connectivity index (χ4v) is 1.20. The first-order chi connectivity index (χ1) is 8.47. The maximum absolute atomic E-state index is 4.19. The topological polar surface area (TPSA) is 67.3 Å². The number of pyridine rings is 2. The molecule has 0 aliphatic carbocycles. The number of aromatic amines is 1. The predicted octanol–water partition coefficient (Wildman–Crippen LogP) is 1.95. The number of H-pyrrole nitrogens is 1. The van der Waals surface area contributed by atoms with Crippen LogP contribution in [0.1, 0.15) is 0 Å². The zero-order valence-corrected chi connectivity index (χ0v) is 10.8. The van der Waals surface area contributed by atoms with E-state index in [1.165, 1.54) is 0 Å². The van der Waals surface area contributed by atoms with Gasteiger partial charge in [-0.15, -0.1) is 5.10 Å². The molecular formula is C12H11AgN5. The SMILES string of the molecule is [Ag].c1c[nH]nn1.c1ccc(-c2ccccn2)nc1. The fourth-order valence-electron chi connectivity index (χ4n) is 1.20. The molecule has 0 aliphatic heterocycles. The van der Waals surface area contributed by atoms with Gasteiger partial charge in [0.15, 0.2) is 0 Å². The molecular weight excluding hydrogens is 322 g/mol. The van der Waals surface area contributed by atoms with Gasteiger partial charge in [-0.05, 0) is 24.3 Å². The van der Waals surface area contributed by atoms with Crippen molar-refractivity contribution in [2.45, 2.75) is 0 Å². The van der Waals surface area contributed by atoms with E-state index in [1.807, 2.05) is 36.4 Å². The van der Waals surface area contributed by atoms with E-state index in [2.05, 4.69) is 25.4 Å². The monoisotopic (exact) mass is 332 g/mol. The second-order valence-corrected chi connectivity index (χ2v) is 3.09. The van der Waals surface area contributed by atoms with Gasteiger partial charge in [0.05, 0.1) is 17.6 Å². The first-order valence-electron chi connectivity index (χ1n) is 5.09. The Morgan fingerprint density at radius 3 is 1.67 bits per heavy atom.